The molecule has 2 aliphatic heterocycles. The molecule has 0 radical (unpaired) electrons. The van der Waals surface area contributed by atoms with Crippen LogP contribution < -0.4 is 5.32 Å². The van der Waals surface area contributed by atoms with Crippen molar-refractivity contribution in [3.8, 4) is 0 Å². The number of likely N-dealkylation sites (tertiary alicyclic amines) is 1. The maximum Gasteiger partial charge on any atom is 0.0735 e. The Morgan fingerprint density at radius 1 is 1.08 bits per heavy atom. The maximum absolute atomic E-state index is 3.64. The van der Waals surface area contributed by atoms with Gasteiger partial charge in [-0.15, -0.1) is 0 Å². The van der Waals surface area contributed by atoms with Gasteiger partial charge in [0.2, 0.25) is 0 Å². The first-order chi connectivity index (χ1) is 5.73. The van der Waals surface area contributed by atoms with Crippen molar-refractivity contribution in [2.24, 2.45) is 0 Å². The third-order valence-electron chi connectivity index (χ3n) is 3.45. The molecule has 0 aliphatic carbocycles. The molecular weight excluding hydrogens is 150 g/mol. The normalized spacial score (nSPS) is 31.5. The average Bonchev–Trinajstić information content (AvgIpc) is 2.41. The van der Waals surface area contributed by atoms with Crippen molar-refractivity contribution in [2.75, 3.05) is 40.3 Å². The Hall–Kier alpha value is -0.120. The monoisotopic (exact) mass is 169 g/mol. The van der Waals surface area contributed by atoms with Gasteiger partial charge in [-0.05, 0) is 26.9 Å². The Kier molecular flexibility index (Phi) is 2.10. The minimum absolute atomic E-state index is 0.354. The first-order valence-corrected chi connectivity index (χ1v) is 4.88. The summed E-state index contributed by atoms with van der Waals surface area (Å²) in [6, 6.07) is 0. The summed E-state index contributed by atoms with van der Waals surface area (Å²) >= 11 is 0. The minimum atomic E-state index is 0.354. The highest BCUT2D eigenvalue weighted by Crippen LogP contribution is 2.27. The van der Waals surface area contributed by atoms with E-state index >= 15 is 0 Å². The fourth-order valence-corrected chi connectivity index (χ4v) is 2.35. The van der Waals surface area contributed by atoms with Crippen LogP contribution in [-0.2, 0) is 0 Å². The highest BCUT2D eigenvalue weighted by molar-refractivity contribution is 4.95. The Morgan fingerprint density at radius 3 is 2.25 bits per heavy atom. The molecular formula is C9H19N3. The highest BCUT2D eigenvalue weighted by Gasteiger charge is 2.39. The molecule has 0 bridgehead atoms. The summed E-state index contributed by atoms with van der Waals surface area (Å²) < 4.78 is 0. The van der Waals surface area contributed by atoms with Gasteiger partial charge in [-0.3, -0.25) is 10.2 Å². The van der Waals surface area contributed by atoms with Crippen LogP contribution in [-0.4, -0.2) is 55.7 Å². The molecule has 0 aromatic rings. The molecule has 0 atom stereocenters. The Bertz CT molecular complexity index is 161. The van der Waals surface area contributed by atoms with Crippen molar-refractivity contribution in [1.29, 1.82) is 0 Å². The Labute approximate surface area is 74.7 Å². The van der Waals surface area contributed by atoms with E-state index in [4.69, 9.17) is 0 Å². The van der Waals surface area contributed by atoms with Crippen molar-refractivity contribution in [3.05, 3.63) is 0 Å². The van der Waals surface area contributed by atoms with Gasteiger partial charge in [0.15, 0.2) is 0 Å². The molecule has 0 saturated carbocycles. The van der Waals surface area contributed by atoms with E-state index in [1.807, 2.05) is 0 Å². The van der Waals surface area contributed by atoms with Crippen LogP contribution in [0.15, 0.2) is 0 Å². The van der Waals surface area contributed by atoms with E-state index in [-0.39, 0.29) is 0 Å². The second kappa shape index (κ2) is 2.98. The minimum Gasteiger partial charge on any atom is -0.306 e. The van der Waals surface area contributed by atoms with E-state index in [0.717, 1.165) is 0 Å². The van der Waals surface area contributed by atoms with Gasteiger partial charge in [-0.1, -0.05) is 0 Å². The molecule has 12 heavy (non-hydrogen) atoms. The standard InChI is InChI=1S/C9H19N3/c1-11-6-3-9(4-7-11)10-5-8-12(9)2/h10H,3-8H2,1-2H3. The fraction of sp³-hybridized carbons (Fsp3) is 1.00. The molecule has 2 saturated heterocycles. The molecule has 0 unspecified atom stereocenters. The largest absolute Gasteiger partial charge is 0.306 e. The van der Waals surface area contributed by atoms with Crippen LogP contribution >= 0.6 is 0 Å². The molecule has 2 fully saturated rings. The Balaban J connectivity index is 2.02. The van der Waals surface area contributed by atoms with Crippen molar-refractivity contribution < 1.29 is 0 Å². The quantitative estimate of drug-likeness (QED) is 0.548. The topological polar surface area (TPSA) is 18.5 Å². The van der Waals surface area contributed by atoms with Crippen LogP contribution in [0.5, 0.6) is 0 Å². The summed E-state index contributed by atoms with van der Waals surface area (Å²) in [6.45, 7) is 4.85. The lowest BCUT2D eigenvalue weighted by Gasteiger charge is -2.42. The summed E-state index contributed by atoms with van der Waals surface area (Å²) in [5, 5.41) is 3.64. The zero-order valence-electron chi connectivity index (χ0n) is 8.14. The molecule has 70 valence electrons. The first kappa shape index (κ1) is 8.48. The summed E-state index contributed by atoms with van der Waals surface area (Å²) in [6.07, 6.45) is 2.56. The average molecular weight is 169 g/mol. The van der Waals surface area contributed by atoms with Gasteiger partial charge >= 0.3 is 0 Å². The lowest BCUT2D eigenvalue weighted by molar-refractivity contribution is 0.0657. The lowest BCUT2D eigenvalue weighted by atomic mass is 9.97. The molecule has 0 aromatic carbocycles. The maximum atomic E-state index is 3.64. The summed E-state index contributed by atoms with van der Waals surface area (Å²) in [5.74, 6) is 0. The van der Waals surface area contributed by atoms with Gasteiger partial charge in [0, 0.05) is 26.2 Å². The molecule has 1 N–H and O–H groups in total. The predicted molar refractivity (Wildman–Crippen MR) is 50.1 cm³/mol. The van der Waals surface area contributed by atoms with E-state index in [2.05, 4.69) is 29.2 Å². The third kappa shape index (κ3) is 1.26. The molecule has 1 spiro atoms. The molecule has 3 nitrogen and oxygen atoms in total. The van der Waals surface area contributed by atoms with Crippen LogP contribution in [0.1, 0.15) is 12.8 Å². The van der Waals surface area contributed by atoms with Crippen molar-refractivity contribution in [1.82, 2.24) is 15.1 Å². The number of piperidine rings is 1. The van der Waals surface area contributed by atoms with Gasteiger partial charge in [-0.25, -0.2) is 0 Å². The van der Waals surface area contributed by atoms with Crippen LogP contribution in [0.4, 0.5) is 0 Å². The molecule has 0 aromatic heterocycles. The second-order valence-electron chi connectivity index (χ2n) is 4.18. The van der Waals surface area contributed by atoms with E-state index in [1.54, 1.807) is 0 Å². The predicted octanol–water partition coefficient (Wildman–Crippen LogP) is -0.0567. The van der Waals surface area contributed by atoms with E-state index < -0.39 is 0 Å². The molecule has 2 rings (SSSR count). The number of nitrogens with zero attached hydrogens (tertiary/aromatic N) is 2. The van der Waals surface area contributed by atoms with Crippen LogP contribution in [0.2, 0.25) is 0 Å². The van der Waals surface area contributed by atoms with Gasteiger partial charge in [0.1, 0.15) is 0 Å². The van der Waals surface area contributed by atoms with Crippen molar-refractivity contribution in [2.45, 2.75) is 18.5 Å². The molecule has 2 aliphatic rings. The van der Waals surface area contributed by atoms with Crippen LogP contribution in [0, 0.1) is 0 Å². The highest BCUT2D eigenvalue weighted by atomic mass is 15.4. The van der Waals surface area contributed by atoms with Crippen LogP contribution in [0.3, 0.4) is 0 Å². The van der Waals surface area contributed by atoms with Gasteiger partial charge in [0.25, 0.3) is 0 Å². The number of likely N-dealkylation sites (N-methyl/N-ethyl adjacent to an activating group) is 1. The molecule has 0 amide bonds. The van der Waals surface area contributed by atoms with E-state index in [9.17, 15) is 0 Å². The van der Waals surface area contributed by atoms with Gasteiger partial charge in [-0.2, -0.15) is 0 Å². The lowest BCUT2D eigenvalue weighted by Crippen LogP contribution is -2.56. The number of hydrogen-bond acceptors (Lipinski definition) is 3. The third-order valence-corrected chi connectivity index (χ3v) is 3.45. The van der Waals surface area contributed by atoms with Crippen molar-refractivity contribution in [3.63, 3.8) is 0 Å². The number of nitrogens with one attached hydrogen (secondary N) is 1. The van der Waals surface area contributed by atoms with E-state index in [0.29, 0.717) is 5.66 Å². The zero-order chi connectivity index (χ0) is 8.60. The summed E-state index contributed by atoms with van der Waals surface area (Å²) in [4.78, 5) is 4.90. The summed E-state index contributed by atoms with van der Waals surface area (Å²) in [7, 11) is 4.45. The van der Waals surface area contributed by atoms with Gasteiger partial charge < -0.3 is 4.90 Å². The molecule has 3 heteroatoms. The van der Waals surface area contributed by atoms with Crippen LogP contribution in [0.25, 0.3) is 0 Å². The van der Waals surface area contributed by atoms with Gasteiger partial charge in [0.05, 0.1) is 5.66 Å². The smallest absolute Gasteiger partial charge is 0.0735 e. The summed E-state index contributed by atoms with van der Waals surface area (Å²) in [5.41, 5.74) is 0.354. The SMILES string of the molecule is CN1CCC2(CC1)NCCN2C. The second-order valence-corrected chi connectivity index (χ2v) is 4.18. The van der Waals surface area contributed by atoms with E-state index in [1.165, 1.54) is 39.0 Å². The number of rotatable bonds is 0. The molecule has 2 heterocycles. The zero-order valence-corrected chi connectivity index (χ0v) is 8.14. The fourth-order valence-electron chi connectivity index (χ4n) is 2.35. The first-order valence-electron chi connectivity index (χ1n) is 4.88. The number of hydrogen-bond donors (Lipinski definition) is 1. The van der Waals surface area contributed by atoms with Crippen molar-refractivity contribution >= 4 is 0 Å². The Morgan fingerprint density at radius 2 is 1.75 bits per heavy atom.